The average molecular weight is 276 g/mol. The molecule has 1 heterocycles. The van der Waals surface area contributed by atoms with Gasteiger partial charge in [-0.05, 0) is 11.6 Å². The van der Waals surface area contributed by atoms with Crippen LogP contribution in [0.1, 0.15) is 19.4 Å². The molecule has 1 atom stereocenters. The summed E-state index contributed by atoms with van der Waals surface area (Å²) in [5.74, 6) is -3.48. The van der Waals surface area contributed by atoms with Gasteiger partial charge in [-0.1, -0.05) is 44.2 Å². The van der Waals surface area contributed by atoms with Crippen molar-refractivity contribution < 1.29 is 23.8 Å². The monoisotopic (exact) mass is 276 g/mol. The van der Waals surface area contributed by atoms with Crippen LogP contribution in [0.25, 0.3) is 6.08 Å². The molecule has 106 valence electrons. The van der Waals surface area contributed by atoms with Crippen molar-refractivity contribution in [3.63, 3.8) is 0 Å². The molecule has 0 amide bonds. The zero-order chi connectivity index (χ0) is 14.8. The Morgan fingerprint density at radius 1 is 1.25 bits per heavy atom. The number of benzene rings is 1. The number of cyclic esters (lactones) is 1. The molecule has 1 unspecified atom stereocenters. The third-order valence-electron chi connectivity index (χ3n) is 3.03. The molecule has 0 N–H and O–H groups in total. The Bertz CT molecular complexity index is 547. The third kappa shape index (κ3) is 2.39. The van der Waals surface area contributed by atoms with Crippen LogP contribution < -0.4 is 0 Å². The number of methoxy groups -OCH3 is 1. The summed E-state index contributed by atoms with van der Waals surface area (Å²) in [6.07, 6.45) is 1.54. The van der Waals surface area contributed by atoms with Crippen LogP contribution in [0.5, 0.6) is 0 Å². The summed E-state index contributed by atoms with van der Waals surface area (Å²) in [7, 11) is 1.22. The van der Waals surface area contributed by atoms with Crippen LogP contribution in [-0.2, 0) is 23.8 Å². The standard InChI is InChI=1S/C15H16O5/c1-10(2)15(14(17)18-3)19-12(13(16)20-15)9-11-7-5-4-6-8-11/h4-10H,1-3H3. The summed E-state index contributed by atoms with van der Waals surface area (Å²) in [6, 6.07) is 9.17. The SMILES string of the molecule is COC(=O)C1(C(C)C)OC(=O)C(=Cc2ccccc2)O1. The molecule has 5 heteroatoms. The first-order valence-electron chi connectivity index (χ1n) is 6.27. The van der Waals surface area contributed by atoms with Crippen LogP contribution in [0.15, 0.2) is 36.1 Å². The van der Waals surface area contributed by atoms with Crippen LogP contribution in [0.2, 0.25) is 0 Å². The minimum absolute atomic E-state index is 0.00435. The van der Waals surface area contributed by atoms with E-state index in [2.05, 4.69) is 4.74 Å². The number of rotatable bonds is 3. The van der Waals surface area contributed by atoms with Crippen molar-refractivity contribution in [1.82, 2.24) is 0 Å². The highest BCUT2D eigenvalue weighted by Gasteiger charge is 2.56. The third-order valence-corrected chi connectivity index (χ3v) is 3.03. The number of hydrogen-bond acceptors (Lipinski definition) is 5. The first-order chi connectivity index (χ1) is 9.49. The van der Waals surface area contributed by atoms with Crippen molar-refractivity contribution in [2.75, 3.05) is 7.11 Å². The zero-order valence-corrected chi connectivity index (χ0v) is 11.6. The number of hydrogen-bond donors (Lipinski definition) is 0. The summed E-state index contributed by atoms with van der Waals surface area (Å²) in [4.78, 5) is 23.8. The highest BCUT2D eigenvalue weighted by atomic mass is 16.8. The number of ether oxygens (including phenoxy) is 3. The van der Waals surface area contributed by atoms with Crippen molar-refractivity contribution in [2.24, 2.45) is 5.92 Å². The maximum atomic E-state index is 11.9. The van der Waals surface area contributed by atoms with Crippen LogP contribution in [-0.4, -0.2) is 24.8 Å². The molecular formula is C15H16O5. The van der Waals surface area contributed by atoms with Crippen LogP contribution in [0, 0.1) is 5.92 Å². The second-order valence-corrected chi connectivity index (χ2v) is 4.72. The fourth-order valence-corrected chi connectivity index (χ4v) is 1.90. The van der Waals surface area contributed by atoms with Crippen molar-refractivity contribution in [3.8, 4) is 0 Å². The zero-order valence-electron chi connectivity index (χ0n) is 11.6. The summed E-state index contributed by atoms with van der Waals surface area (Å²) < 4.78 is 15.3. The molecule has 5 nitrogen and oxygen atoms in total. The van der Waals surface area contributed by atoms with Crippen molar-refractivity contribution in [2.45, 2.75) is 19.6 Å². The molecule has 1 saturated heterocycles. The maximum absolute atomic E-state index is 11.9. The molecule has 1 fully saturated rings. The van der Waals surface area contributed by atoms with Gasteiger partial charge in [-0.3, -0.25) is 0 Å². The van der Waals surface area contributed by atoms with Gasteiger partial charge < -0.3 is 14.2 Å². The van der Waals surface area contributed by atoms with Gasteiger partial charge in [0.15, 0.2) is 0 Å². The molecule has 1 aliphatic rings. The summed E-state index contributed by atoms with van der Waals surface area (Å²) in [5.41, 5.74) is 0.781. The maximum Gasteiger partial charge on any atom is 0.392 e. The van der Waals surface area contributed by atoms with Crippen LogP contribution >= 0.6 is 0 Å². The van der Waals surface area contributed by atoms with Gasteiger partial charge in [0.2, 0.25) is 5.76 Å². The van der Waals surface area contributed by atoms with E-state index in [4.69, 9.17) is 9.47 Å². The molecule has 0 spiro atoms. The Kier molecular flexibility index (Phi) is 3.79. The van der Waals surface area contributed by atoms with Gasteiger partial charge in [0.25, 0.3) is 0 Å². The fraction of sp³-hybridized carbons (Fsp3) is 0.333. The Balaban J connectivity index is 2.34. The molecule has 2 rings (SSSR count). The van der Waals surface area contributed by atoms with E-state index in [-0.39, 0.29) is 11.7 Å². The first kappa shape index (κ1) is 14.1. The summed E-state index contributed by atoms with van der Waals surface area (Å²) >= 11 is 0. The molecule has 0 bridgehead atoms. The van der Waals surface area contributed by atoms with Crippen LogP contribution in [0.4, 0.5) is 0 Å². The smallest absolute Gasteiger partial charge is 0.392 e. The second-order valence-electron chi connectivity index (χ2n) is 4.72. The van der Waals surface area contributed by atoms with E-state index in [1.54, 1.807) is 13.8 Å². The van der Waals surface area contributed by atoms with Gasteiger partial charge in [-0.25, -0.2) is 9.59 Å². The highest BCUT2D eigenvalue weighted by Crippen LogP contribution is 2.35. The van der Waals surface area contributed by atoms with Gasteiger partial charge in [-0.2, -0.15) is 0 Å². The normalized spacial score (nSPS) is 23.6. The minimum atomic E-state index is -1.70. The van der Waals surface area contributed by atoms with E-state index in [1.165, 1.54) is 13.2 Å². The van der Waals surface area contributed by atoms with Crippen LogP contribution in [0.3, 0.4) is 0 Å². The lowest BCUT2D eigenvalue weighted by molar-refractivity contribution is -0.215. The van der Waals surface area contributed by atoms with Gasteiger partial charge in [-0.15, -0.1) is 0 Å². The second kappa shape index (κ2) is 5.36. The quantitative estimate of drug-likeness (QED) is 0.625. The molecule has 0 aromatic heterocycles. The lowest BCUT2D eigenvalue weighted by Crippen LogP contribution is -2.46. The Hall–Kier alpha value is -2.30. The predicted octanol–water partition coefficient (Wildman–Crippen LogP) is 2.13. The van der Waals surface area contributed by atoms with Crippen molar-refractivity contribution in [1.29, 1.82) is 0 Å². The predicted molar refractivity (Wildman–Crippen MR) is 71.2 cm³/mol. The van der Waals surface area contributed by atoms with E-state index in [0.29, 0.717) is 0 Å². The fourth-order valence-electron chi connectivity index (χ4n) is 1.90. The number of carbonyl (C=O) groups is 2. The molecule has 1 aliphatic heterocycles. The van der Waals surface area contributed by atoms with E-state index < -0.39 is 17.7 Å². The lowest BCUT2D eigenvalue weighted by Gasteiger charge is -2.26. The summed E-state index contributed by atoms with van der Waals surface area (Å²) in [6.45, 7) is 3.44. The molecule has 20 heavy (non-hydrogen) atoms. The van der Waals surface area contributed by atoms with Gasteiger partial charge in [0, 0.05) is 5.92 Å². The Morgan fingerprint density at radius 2 is 1.90 bits per heavy atom. The van der Waals surface area contributed by atoms with E-state index in [0.717, 1.165) is 5.56 Å². The molecule has 1 aromatic carbocycles. The van der Waals surface area contributed by atoms with Gasteiger partial charge >= 0.3 is 17.7 Å². The Labute approximate surface area is 117 Å². The highest BCUT2D eigenvalue weighted by molar-refractivity contribution is 5.97. The van der Waals surface area contributed by atoms with E-state index in [9.17, 15) is 9.59 Å². The largest absolute Gasteiger partial charge is 0.463 e. The molecule has 0 radical (unpaired) electrons. The number of carbonyl (C=O) groups excluding carboxylic acids is 2. The van der Waals surface area contributed by atoms with E-state index >= 15 is 0 Å². The first-order valence-corrected chi connectivity index (χ1v) is 6.27. The number of esters is 2. The average Bonchev–Trinajstić information content (AvgIpc) is 2.77. The van der Waals surface area contributed by atoms with Crippen molar-refractivity contribution >= 4 is 18.0 Å². The van der Waals surface area contributed by atoms with E-state index in [1.807, 2.05) is 30.3 Å². The summed E-state index contributed by atoms with van der Waals surface area (Å²) in [5, 5.41) is 0. The Morgan fingerprint density at radius 3 is 2.45 bits per heavy atom. The van der Waals surface area contributed by atoms with Gasteiger partial charge in [0.05, 0.1) is 7.11 Å². The topological polar surface area (TPSA) is 61.8 Å². The molecular weight excluding hydrogens is 260 g/mol. The molecule has 0 aliphatic carbocycles. The van der Waals surface area contributed by atoms with Crippen molar-refractivity contribution in [3.05, 3.63) is 41.7 Å². The minimum Gasteiger partial charge on any atom is -0.463 e. The lowest BCUT2D eigenvalue weighted by atomic mass is 10.0. The van der Waals surface area contributed by atoms with Gasteiger partial charge in [0.1, 0.15) is 0 Å². The molecule has 1 aromatic rings. The molecule has 0 saturated carbocycles.